The number of hydrogen-bond donors (Lipinski definition) is 0. The molecule has 3 nitrogen and oxygen atoms in total. The Kier molecular flexibility index (Phi) is 5.50. The molecule has 0 N–H and O–H groups in total. The molecule has 44 heavy (non-hydrogen) atoms. The van der Waals surface area contributed by atoms with Crippen LogP contribution >= 0.6 is 0 Å². The van der Waals surface area contributed by atoms with E-state index in [0.29, 0.717) is 0 Å². The summed E-state index contributed by atoms with van der Waals surface area (Å²) >= 11 is 0. The second kappa shape index (κ2) is 9.82. The zero-order valence-electron chi connectivity index (χ0n) is 23.8. The van der Waals surface area contributed by atoms with Gasteiger partial charge in [0.15, 0.2) is 5.58 Å². The van der Waals surface area contributed by atoms with Crippen molar-refractivity contribution < 1.29 is 4.42 Å². The lowest BCUT2D eigenvalue weighted by Crippen LogP contribution is -2.10. The van der Waals surface area contributed by atoms with Crippen molar-refractivity contribution in [2.45, 2.75) is 0 Å². The van der Waals surface area contributed by atoms with Gasteiger partial charge < -0.3 is 9.32 Å². The Morgan fingerprint density at radius 2 is 1.14 bits per heavy atom. The smallest absolute Gasteiger partial charge is 0.177 e. The molecule has 0 fully saturated rings. The van der Waals surface area contributed by atoms with Crippen LogP contribution in [0.4, 0.5) is 17.1 Å². The third kappa shape index (κ3) is 3.87. The maximum Gasteiger partial charge on any atom is 0.177 e. The van der Waals surface area contributed by atoms with Gasteiger partial charge in [-0.3, -0.25) is 4.98 Å². The maximum atomic E-state index is 6.49. The van der Waals surface area contributed by atoms with E-state index in [1.54, 1.807) is 0 Å². The lowest BCUT2D eigenvalue weighted by molar-refractivity contribution is 0.668. The highest BCUT2D eigenvalue weighted by molar-refractivity contribution is 6.20. The first-order valence-electron chi connectivity index (χ1n) is 14.9. The first-order chi connectivity index (χ1) is 21.8. The summed E-state index contributed by atoms with van der Waals surface area (Å²) in [4.78, 5) is 7.03. The van der Waals surface area contributed by atoms with Crippen molar-refractivity contribution in [2.24, 2.45) is 0 Å². The summed E-state index contributed by atoms with van der Waals surface area (Å²) in [7, 11) is 0. The number of aromatic nitrogens is 1. The van der Waals surface area contributed by atoms with Crippen LogP contribution in [0.1, 0.15) is 0 Å². The van der Waals surface area contributed by atoms with Crippen molar-refractivity contribution in [1.82, 2.24) is 4.98 Å². The minimum atomic E-state index is 0.769. The molecule has 2 heterocycles. The summed E-state index contributed by atoms with van der Waals surface area (Å²) in [6, 6.07) is 53.7. The Balaban J connectivity index is 1.28. The molecule has 7 aromatic carbocycles. The molecule has 0 bridgehead atoms. The predicted octanol–water partition coefficient (Wildman–Crippen LogP) is 11.6. The lowest BCUT2D eigenvalue weighted by Gasteiger charge is -2.26. The van der Waals surface area contributed by atoms with Crippen LogP contribution in [0, 0.1) is 0 Å². The number of fused-ring (bicyclic) bond motifs is 8. The van der Waals surface area contributed by atoms with E-state index < -0.39 is 0 Å². The Bertz CT molecular complexity index is 2490. The molecule has 3 heteroatoms. The van der Waals surface area contributed by atoms with Crippen molar-refractivity contribution in [3.05, 3.63) is 158 Å². The normalized spacial score (nSPS) is 11.6. The number of hydrogen-bond acceptors (Lipinski definition) is 3. The molecule has 0 aliphatic heterocycles. The van der Waals surface area contributed by atoms with Gasteiger partial charge in [-0.25, -0.2) is 0 Å². The van der Waals surface area contributed by atoms with E-state index >= 15 is 0 Å². The molecule has 0 spiro atoms. The van der Waals surface area contributed by atoms with Crippen LogP contribution in [-0.2, 0) is 0 Å². The molecule has 0 radical (unpaired) electrons. The summed E-state index contributed by atoms with van der Waals surface area (Å²) in [5.41, 5.74) is 7.88. The van der Waals surface area contributed by atoms with Crippen LogP contribution in [0.2, 0.25) is 0 Å². The second-order valence-corrected chi connectivity index (χ2v) is 11.2. The zero-order valence-corrected chi connectivity index (χ0v) is 23.8. The standard InChI is InChI=1S/C41H26N2O/c1-2-8-27(9-3-1)28-18-20-32(21-19-28)43(37-24-25-42-40-36-12-6-7-13-38(36)44-41(37)40)33-22-23-35-31(26-33)17-16-30-15-14-29-10-4-5-11-34(29)39(30)35/h1-26H. The number of nitrogens with zero attached hydrogens (tertiary/aromatic N) is 2. The van der Waals surface area contributed by atoms with Crippen molar-refractivity contribution in [3.63, 3.8) is 0 Å². The van der Waals surface area contributed by atoms with Gasteiger partial charge in [-0.2, -0.15) is 0 Å². The Labute approximate surface area is 254 Å². The summed E-state index contributed by atoms with van der Waals surface area (Å²) in [5.74, 6) is 0. The molecular weight excluding hydrogens is 536 g/mol. The zero-order chi connectivity index (χ0) is 29.0. The van der Waals surface area contributed by atoms with Gasteiger partial charge in [0, 0.05) is 23.0 Å². The van der Waals surface area contributed by atoms with Gasteiger partial charge >= 0.3 is 0 Å². The Morgan fingerprint density at radius 3 is 2.00 bits per heavy atom. The van der Waals surface area contributed by atoms with Crippen molar-refractivity contribution in [1.29, 1.82) is 0 Å². The van der Waals surface area contributed by atoms with Crippen LogP contribution < -0.4 is 4.90 Å². The Hall–Kier alpha value is -5.93. The van der Waals surface area contributed by atoms with Gasteiger partial charge in [0.05, 0.1) is 5.69 Å². The first kappa shape index (κ1) is 24.6. The summed E-state index contributed by atoms with van der Waals surface area (Å²) in [5, 5.41) is 8.50. The van der Waals surface area contributed by atoms with Crippen molar-refractivity contribution >= 4 is 71.4 Å². The monoisotopic (exact) mass is 562 g/mol. The molecule has 9 rings (SSSR count). The van der Waals surface area contributed by atoms with Crippen LogP contribution in [0.5, 0.6) is 0 Å². The van der Waals surface area contributed by atoms with Gasteiger partial charge in [0.1, 0.15) is 11.1 Å². The van der Waals surface area contributed by atoms with Crippen LogP contribution in [0.15, 0.2) is 162 Å². The van der Waals surface area contributed by atoms with Crippen LogP contribution in [-0.4, -0.2) is 4.98 Å². The lowest BCUT2D eigenvalue weighted by atomic mass is 9.96. The summed E-state index contributed by atoms with van der Waals surface area (Å²) in [6.45, 7) is 0. The van der Waals surface area contributed by atoms with E-state index in [4.69, 9.17) is 9.40 Å². The molecule has 0 saturated heterocycles. The minimum Gasteiger partial charge on any atom is -0.452 e. The summed E-state index contributed by atoms with van der Waals surface area (Å²) < 4.78 is 6.49. The highest BCUT2D eigenvalue weighted by atomic mass is 16.3. The van der Waals surface area contributed by atoms with E-state index in [-0.39, 0.29) is 0 Å². The van der Waals surface area contributed by atoms with Crippen molar-refractivity contribution in [2.75, 3.05) is 4.90 Å². The second-order valence-electron chi connectivity index (χ2n) is 11.2. The predicted molar refractivity (Wildman–Crippen MR) is 184 cm³/mol. The SMILES string of the molecule is c1ccc(-c2ccc(N(c3ccc4c(ccc5ccc6ccccc6c54)c3)c3ccnc4c3oc3ccccc34)cc2)cc1. The number of anilines is 3. The maximum absolute atomic E-state index is 6.49. The van der Waals surface area contributed by atoms with E-state index in [2.05, 4.69) is 126 Å². The molecule has 0 unspecified atom stereocenters. The highest BCUT2D eigenvalue weighted by Gasteiger charge is 2.20. The van der Waals surface area contributed by atoms with Gasteiger partial charge in [-0.15, -0.1) is 0 Å². The number of rotatable bonds is 4. The third-order valence-corrected chi connectivity index (χ3v) is 8.68. The van der Waals surface area contributed by atoms with Crippen molar-refractivity contribution in [3.8, 4) is 11.1 Å². The van der Waals surface area contributed by atoms with E-state index in [9.17, 15) is 0 Å². The highest BCUT2D eigenvalue weighted by Crippen LogP contribution is 2.43. The molecule has 9 aromatic rings. The first-order valence-corrected chi connectivity index (χ1v) is 14.9. The molecule has 0 atom stereocenters. The topological polar surface area (TPSA) is 29.3 Å². The fraction of sp³-hybridized carbons (Fsp3) is 0. The van der Waals surface area contributed by atoms with Crippen LogP contribution in [0.25, 0.3) is 65.5 Å². The number of benzene rings is 7. The number of furan rings is 1. The molecule has 0 amide bonds. The van der Waals surface area contributed by atoms with E-state index in [0.717, 1.165) is 39.1 Å². The largest absolute Gasteiger partial charge is 0.452 e. The van der Waals surface area contributed by atoms with E-state index in [1.165, 1.54) is 43.4 Å². The van der Waals surface area contributed by atoms with E-state index in [1.807, 2.05) is 36.5 Å². The van der Waals surface area contributed by atoms with Gasteiger partial charge in [0.2, 0.25) is 0 Å². The molecule has 206 valence electrons. The average molecular weight is 563 g/mol. The van der Waals surface area contributed by atoms with Crippen LogP contribution in [0.3, 0.4) is 0 Å². The molecule has 2 aromatic heterocycles. The summed E-state index contributed by atoms with van der Waals surface area (Å²) in [6.07, 6.45) is 1.88. The van der Waals surface area contributed by atoms with Gasteiger partial charge in [-0.1, -0.05) is 109 Å². The minimum absolute atomic E-state index is 0.769. The van der Waals surface area contributed by atoms with Gasteiger partial charge in [-0.05, 0) is 85.9 Å². The molecule has 0 aliphatic rings. The Morgan fingerprint density at radius 1 is 0.477 bits per heavy atom. The third-order valence-electron chi connectivity index (χ3n) is 8.68. The average Bonchev–Trinajstić information content (AvgIpc) is 3.48. The number of pyridine rings is 1. The number of para-hydroxylation sites is 1. The fourth-order valence-corrected chi connectivity index (χ4v) is 6.59. The molecule has 0 aliphatic carbocycles. The quantitative estimate of drug-likeness (QED) is 0.200. The van der Waals surface area contributed by atoms with Gasteiger partial charge in [0.25, 0.3) is 0 Å². The molecule has 0 saturated carbocycles. The molecular formula is C41H26N2O. The fourth-order valence-electron chi connectivity index (χ4n) is 6.59.